The van der Waals surface area contributed by atoms with Gasteiger partial charge in [-0.1, -0.05) is 6.92 Å². The fourth-order valence-corrected chi connectivity index (χ4v) is 2.02. The molecule has 4 nitrogen and oxygen atoms in total. The summed E-state index contributed by atoms with van der Waals surface area (Å²) < 4.78 is 9.60. The van der Waals surface area contributed by atoms with E-state index in [1.165, 1.54) is 5.82 Å². The molecule has 0 bridgehead atoms. The Hall–Kier alpha value is -1.34. The molecule has 17 heavy (non-hydrogen) atoms. The molecule has 0 aliphatic heterocycles. The van der Waals surface area contributed by atoms with E-state index in [-0.39, 0.29) is 0 Å². The fourth-order valence-electron chi connectivity index (χ4n) is 2.02. The van der Waals surface area contributed by atoms with Crippen molar-refractivity contribution in [2.45, 2.75) is 45.7 Å². The summed E-state index contributed by atoms with van der Waals surface area (Å²) in [5, 5.41) is 8.54. The zero-order chi connectivity index (χ0) is 12.5. The highest BCUT2D eigenvalue weighted by Crippen LogP contribution is 2.01. The van der Waals surface area contributed by atoms with Gasteiger partial charge < -0.3 is 4.74 Å². The number of methoxy groups -OCH3 is 1. The summed E-state index contributed by atoms with van der Waals surface area (Å²) in [4.78, 5) is 0. The maximum absolute atomic E-state index is 8.54. The van der Waals surface area contributed by atoms with Crippen LogP contribution in [0.15, 0.2) is 12.4 Å². The molecule has 4 heteroatoms. The van der Waals surface area contributed by atoms with Crippen LogP contribution in [0.25, 0.3) is 0 Å². The summed E-state index contributed by atoms with van der Waals surface area (Å²) >= 11 is 0. The highest BCUT2D eigenvalue weighted by Gasteiger charge is 2.14. The van der Waals surface area contributed by atoms with Gasteiger partial charge in [0.1, 0.15) is 12.4 Å². The Morgan fingerprint density at radius 3 is 2.94 bits per heavy atom. The van der Waals surface area contributed by atoms with Crippen molar-refractivity contribution >= 4 is 0 Å². The monoisotopic (exact) mass is 236 g/mol. The third-order valence-electron chi connectivity index (χ3n) is 2.84. The summed E-state index contributed by atoms with van der Waals surface area (Å²) in [5.74, 6) is 1.33. The van der Waals surface area contributed by atoms with Crippen LogP contribution in [-0.4, -0.2) is 18.3 Å². The number of nitrogens with zero attached hydrogens (tertiary/aromatic N) is 3. The summed E-state index contributed by atoms with van der Waals surface area (Å²) in [6.07, 6.45) is 7.86. The number of ether oxygens (including phenoxy) is 1. The Kier molecular flexibility index (Phi) is 6.34. The van der Waals surface area contributed by atoms with E-state index < -0.39 is 0 Å². The Morgan fingerprint density at radius 1 is 1.47 bits per heavy atom. The highest BCUT2D eigenvalue weighted by molar-refractivity contribution is 4.83. The Balaban J connectivity index is 2.57. The Bertz CT molecular complexity index is 365. The minimum Gasteiger partial charge on any atom is -0.385 e. The van der Waals surface area contributed by atoms with Crippen molar-refractivity contribution in [3.8, 4) is 6.07 Å². The Morgan fingerprint density at radius 2 is 2.29 bits per heavy atom. The topological polar surface area (TPSA) is 41.8 Å². The molecule has 94 valence electrons. The van der Waals surface area contributed by atoms with E-state index in [1.54, 1.807) is 7.11 Å². The van der Waals surface area contributed by atoms with Crippen LogP contribution in [0, 0.1) is 11.3 Å². The number of hydrogen-bond acceptors (Lipinski definition) is 2. The number of unbranched alkanes of at least 4 members (excludes halogenated alkanes) is 1. The van der Waals surface area contributed by atoms with Gasteiger partial charge >= 0.3 is 0 Å². The Labute approximate surface area is 103 Å². The van der Waals surface area contributed by atoms with Crippen molar-refractivity contribution in [2.24, 2.45) is 0 Å². The maximum atomic E-state index is 8.54. The van der Waals surface area contributed by atoms with E-state index in [1.807, 2.05) is 0 Å². The first-order chi connectivity index (χ1) is 8.33. The van der Waals surface area contributed by atoms with Crippen molar-refractivity contribution in [3.05, 3.63) is 18.2 Å². The molecule has 0 spiro atoms. The first-order valence-electron chi connectivity index (χ1n) is 6.26. The highest BCUT2D eigenvalue weighted by atomic mass is 16.5. The first kappa shape index (κ1) is 13.7. The van der Waals surface area contributed by atoms with Gasteiger partial charge in [-0.15, -0.1) is 0 Å². The second kappa shape index (κ2) is 7.86. The van der Waals surface area contributed by atoms with Crippen LogP contribution >= 0.6 is 0 Å². The van der Waals surface area contributed by atoms with Crippen LogP contribution in [0.5, 0.6) is 0 Å². The maximum Gasteiger partial charge on any atom is 0.256 e. The zero-order valence-electron chi connectivity index (χ0n) is 10.9. The molecular weight excluding hydrogens is 214 g/mol. The van der Waals surface area contributed by atoms with E-state index in [0.29, 0.717) is 6.42 Å². The number of rotatable bonds is 8. The number of hydrogen-bond donors (Lipinski definition) is 0. The molecule has 1 aromatic heterocycles. The van der Waals surface area contributed by atoms with Crippen molar-refractivity contribution in [1.29, 1.82) is 5.26 Å². The number of aromatic nitrogens is 2. The van der Waals surface area contributed by atoms with Gasteiger partial charge in [-0.05, 0) is 6.42 Å². The van der Waals surface area contributed by atoms with Gasteiger partial charge in [0.15, 0.2) is 0 Å². The fraction of sp³-hybridized carbons (Fsp3) is 0.692. The van der Waals surface area contributed by atoms with Crippen LogP contribution in [0.1, 0.15) is 32.0 Å². The molecular formula is C13H22N3O+. The third-order valence-corrected chi connectivity index (χ3v) is 2.84. The molecule has 0 N–H and O–H groups in total. The molecule has 1 aromatic rings. The van der Waals surface area contributed by atoms with Crippen LogP contribution in [0.4, 0.5) is 0 Å². The molecule has 0 saturated heterocycles. The van der Waals surface area contributed by atoms with Gasteiger partial charge in [-0.25, -0.2) is 9.13 Å². The second-order valence-corrected chi connectivity index (χ2v) is 4.06. The molecule has 1 heterocycles. The molecule has 0 fully saturated rings. The molecule has 0 atom stereocenters. The summed E-state index contributed by atoms with van der Waals surface area (Å²) in [6, 6.07) is 2.19. The molecule has 0 aliphatic carbocycles. The quantitative estimate of drug-likeness (QED) is 0.509. The predicted octanol–water partition coefficient (Wildman–Crippen LogP) is 1.68. The predicted molar refractivity (Wildman–Crippen MR) is 65.3 cm³/mol. The lowest BCUT2D eigenvalue weighted by molar-refractivity contribution is -0.704. The molecule has 0 radical (unpaired) electrons. The van der Waals surface area contributed by atoms with Crippen LogP contribution < -0.4 is 4.57 Å². The third kappa shape index (κ3) is 4.20. The summed E-state index contributed by atoms with van der Waals surface area (Å²) in [5.41, 5.74) is 0. The zero-order valence-corrected chi connectivity index (χ0v) is 10.9. The van der Waals surface area contributed by atoms with Crippen molar-refractivity contribution < 1.29 is 9.30 Å². The normalized spacial score (nSPS) is 10.4. The van der Waals surface area contributed by atoms with E-state index in [2.05, 4.69) is 34.5 Å². The van der Waals surface area contributed by atoms with Gasteiger partial charge in [0, 0.05) is 33.0 Å². The lowest BCUT2D eigenvalue weighted by atomic mass is 10.3. The van der Waals surface area contributed by atoms with Crippen LogP contribution in [-0.2, 0) is 24.2 Å². The largest absolute Gasteiger partial charge is 0.385 e. The second-order valence-electron chi connectivity index (χ2n) is 4.06. The minimum absolute atomic E-state index is 0.630. The van der Waals surface area contributed by atoms with Crippen molar-refractivity contribution in [1.82, 2.24) is 4.57 Å². The van der Waals surface area contributed by atoms with Gasteiger partial charge in [0.05, 0.1) is 19.2 Å². The van der Waals surface area contributed by atoms with Crippen molar-refractivity contribution in [2.75, 3.05) is 13.7 Å². The van der Waals surface area contributed by atoms with Gasteiger partial charge in [0.25, 0.3) is 5.82 Å². The van der Waals surface area contributed by atoms with Crippen LogP contribution in [0.2, 0.25) is 0 Å². The van der Waals surface area contributed by atoms with Crippen molar-refractivity contribution in [3.63, 3.8) is 0 Å². The lowest BCUT2D eigenvalue weighted by Crippen LogP contribution is -2.37. The van der Waals surface area contributed by atoms with E-state index in [9.17, 15) is 0 Å². The minimum atomic E-state index is 0.630. The van der Waals surface area contributed by atoms with Gasteiger partial charge in [0.2, 0.25) is 0 Å². The summed E-state index contributed by atoms with van der Waals surface area (Å²) in [6.45, 7) is 4.91. The SMILES string of the molecule is CCc1n(CCCC#N)cc[n+]1CCCOC. The number of aryl methyl sites for hydroxylation is 2. The van der Waals surface area contributed by atoms with E-state index in [0.717, 1.165) is 39.0 Å². The average molecular weight is 236 g/mol. The van der Waals surface area contributed by atoms with Gasteiger partial charge in [-0.2, -0.15) is 5.26 Å². The smallest absolute Gasteiger partial charge is 0.256 e. The number of nitriles is 1. The van der Waals surface area contributed by atoms with E-state index in [4.69, 9.17) is 10.00 Å². The molecule has 0 amide bonds. The molecule has 0 aliphatic rings. The van der Waals surface area contributed by atoms with E-state index >= 15 is 0 Å². The number of imidazole rings is 1. The van der Waals surface area contributed by atoms with Crippen LogP contribution in [0.3, 0.4) is 0 Å². The molecule has 0 unspecified atom stereocenters. The molecule has 1 rings (SSSR count). The summed E-state index contributed by atoms with van der Waals surface area (Å²) in [7, 11) is 1.73. The molecule has 0 aromatic carbocycles. The standard InChI is InChI=1S/C13H22N3O/c1-3-13-15(8-5-4-7-14)10-11-16(13)9-6-12-17-2/h10-11H,3-6,8-9,12H2,1-2H3/q+1. The lowest BCUT2D eigenvalue weighted by Gasteiger charge is -2.02. The average Bonchev–Trinajstić information content (AvgIpc) is 2.72. The molecule has 0 saturated carbocycles. The van der Waals surface area contributed by atoms with Gasteiger partial charge in [-0.3, -0.25) is 0 Å². The first-order valence-corrected chi connectivity index (χ1v) is 6.26.